The van der Waals surface area contributed by atoms with Gasteiger partial charge in [-0.2, -0.15) is 0 Å². The Morgan fingerprint density at radius 3 is 2.58 bits per heavy atom. The monoisotopic (exact) mass is 328 g/mol. The van der Waals surface area contributed by atoms with Gasteiger partial charge in [0.05, 0.1) is 0 Å². The van der Waals surface area contributed by atoms with Crippen LogP contribution in [0.3, 0.4) is 0 Å². The van der Waals surface area contributed by atoms with Crippen LogP contribution in [0.4, 0.5) is 4.79 Å². The highest BCUT2D eigenvalue weighted by molar-refractivity contribution is 5.74. The van der Waals surface area contributed by atoms with Gasteiger partial charge in [-0.05, 0) is 38.0 Å². The Labute approximate surface area is 142 Å². The topological polar surface area (TPSA) is 70.6 Å². The molecule has 0 radical (unpaired) electrons. The normalized spacial score (nSPS) is 11.6. The minimum Gasteiger partial charge on any atom is -0.457 e. The van der Waals surface area contributed by atoms with E-state index < -0.39 is 0 Å². The van der Waals surface area contributed by atoms with Crippen LogP contribution in [0.5, 0.6) is 11.5 Å². The van der Waals surface area contributed by atoms with Crippen LogP contribution >= 0.6 is 0 Å². The third-order valence-electron chi connectivity index (χ3n) is 3.56. The summed E-state index contributed by atoms with van der Waals surface area (Å²) in [5.41, 5.74) is 0.902. The number of amides is 2. The van der Waals surface area contributed by atoms with Gasteiger partial charge in [-0.15, -0.1) is 0 Å². The fourth-order valence-corrected chi connectivity index (χ4v) is 2.28. The molecule has 0 aliphatic heterocycles. The summed E-state index contributed by atoms with van der Waals surface area (Å²) in [5, 5.41) is 14.5. The lowest BCUT2D eigenvalue weighted by Crippen LogP contribution is -2.40. The number of carbonyl (C=O) groups is 1. The van der Waals surface area contributed by atoms with Crippen LogP contribution in [0, 0.1) is 0 Å². The lowest BCUT2D eigenvalue weighted by Gasteiger charge is -2.15. The number of aliphatic hydroxyl groups is 1. The van der Waals surface area contributed by atoms with Gasteiger partial charge < -0.3 is 20.5 Å². The second-order valence-corrected chi connectivity index (χ2v) is 5.62. The van der Waals surface area contributed by atoms with Crippen LogP contribution in [0.25, 0.3) is 0 Å². The van der Waals surface area contributed by atoms with Gasteiger partial charge in [0.25, 0.3) is 0 Å². The molecule has 1 unspecified atom stereocenters. The minimum atomic E-state index is -0.227. The first kappa shape index (κ1) is 17.8. The van der Waals surface area contributed by atoms with Crippen molar-refractivity contribution in [2.24, 2.45) is 0 Å². The molecule has 0 aromatic heterocycles. The number of hydrogen-bond donors (Lipinski definition) is 3. The zero-order chi connectivity index (χ0) is 17.2. The lowest BCUT2D eigenvalue weighted by molar-refractivity contribution is 0.234. The van der Waals surface area contributed by atoms with Crippen LogP contribution in [0.15, 0.2) is 54.6 Å². The van der Waals surface area contributed by atoms with Gasteiger partial charge in [0, 0.05) is 24.8 Å². The van der Waals surface area contributed by atoms with Crippen molar-refractivity contribution < 1.29 is 14.6 Å². The van der Waals surface area contributed by atoms with Gasteiger partial charge in [-0.3, -0.25) is 0 Å². The van der Waals surface area contributed by atoms with Gasteiger partial charge >= 0.3 is 6.03 Å². The first-order chi connectivity index (χ1) is 11.7. The van der Waals surface area contributed by atoms with Crippen molar-refractivity contribution in [1.82, 2.24) is 10.6 Å². The summed E-state index contributed by atoms with van der Waals surface area (Å²) in [6.45, 7) is 2.43. The van der Waals surface area contributed by atoms with Crippen LogP contribution in [0.2, 0.25) is 0 Å². The van der Waals surface area contributed by atoms with Crippen molar-refractivity contribution in [2.75, 3.05) is 6.61 Å². The number of nitrogens with one attached hydrogen (secondary N) is 2. The first-order valence-electron chi connectivity index (χ1n) is 8.15. The smallest absolute Gasteiger partial charge is 0.315 e. The van der Waals surface area contributed by atoms with E-state index in [4.69, 9.17) is 9.84 Å². The summed E-state index contributed by atoms with van der Waals surface area (Å²) >= 11 is 0. The molecule has 0 saturated heterocycles. The van der Waals surface area contributed by atoms with E-state index in [0.29, 0.717) is 13.0 Å². The largest absolute Gasteiger partial charge is 0.457 e. The highest BCUT2D eigenvalue weighted by Gasteiger charge is 2.09. The molecule has 2 amide bonds. The zero-order valence-corrected chi connectivity index (χ0v) is 13.9. The van der Waals surface area contributed by atoms with Crippen molar-refractivity contribution >= 4 is 6.03 Å². The number of benzene rings is 2. The van der Waals surface area contributed by atoms with Gasteiger partial charge in [-0.1, -0.05) is 36.4 Å². The Kier molecular flexibility index (Phi) is 7.11. The van der Waals surface area contributed by atoms with Crippen molar-refractivity contribution in [3.05, 3.63) is 60.2 Å². The molecular weight excluding hydrogens is 304 g/mol. The fraction of sp³-hybridized carbons (Fsp3) is 0.316. The number of para-hydroxylation sites is 2. The highest BCUT2D eigenvalue weighted by atomic mass is 16.5. The second-order valence-electron chi connectivity index (χ2n) is 5.62. The molecule has 24 heavy (non-hydrogen) atoms. The molecule has 0 saturated carbocycles. The Morgan fingerprint density at radius 2 is 1.83 bits per heavy atom. The van der Waals surface area contributed by atoms with Crippen LogP contribution in [0.1, 0.15) is 25.3 Å². The average molecular weight is 328 g/mol. The molecule has 2 rings (SSSR count). The summed E-state index contributed by atoms with van der Waals surface area (Å²) < 4.78 is 5.88. The number of hydrogen-bond acceptors (Lipinski definition) is 3. The molecule has 5 nitrogen and oxygen atoms in total. The maximum absolute atomic E-state index is 11.9. The van der Waals surface area contributed by atoms with Gasteiger partial charge in [0.15, 0.2) is 0 Å². The molecule has 0 aliphatic rings. The third-order valence-corrected chi connectivity index (χ3v) is 3.56. The van der Waals surface area contributed by atoms with Crippen molar-refractivity contribution in [1.29, 1.82) is 0 Å². The van der Waals surface area contributed by atoms with Gasteiger partial charge in [0.2, 0.25) is 0 Å². The summed E-state index contributed by atoms with van der Waals surface area (Å²) in [6, 6.07) is 17.0. The molecular formula is C19H24N2O3. The molecule has 128 valence electrons. The molecule has 2 aromatic carbocycles. The molecule has 5 heteroatoms. The summed E-state index contributed by atoms with van der Waals surface area (Å²) in [4.78, 5) is 11.9. The van der Waals surface area contributed by atoms with Crippen LogP contribution in [-0.2, 0) is 6.54 Å². The quantitative estimate of drug-likeness (QED) is 0.695. The number of rotatable bonds is 8. The predicted octanol–water partition coefficient (Wildman–Crippen LogP) is 3.44. The van der Waals surface area contributed by atoms with E-state index in [2.05, 4.69) is 10.6 Å². The molecule has 3 N–H and O–H groups in total. The Balaban J connectivity index is 1.89. The van der Waals surface area contributed by atoms with Gasteiger partial charge in [0.1, 0.15) is 11.5 Å². The van der Waals surface area contributed by atoms with E-state index >= 15 is 0 Å². The van der Waals surface area contributed by atoms with E-state index in [1.165, 1.54) is 0 Å². The summed E-state index contributed by atoms with van der Waals surface area (Å²) in [5.74, 6) is 1.48. The standard InChI is InChI=1S/C19H24N2O3/c1-15(8-7-13-22)21-19(23)20-14-16-9-5-6-12-18(16)24-17-10-3-2-4-11-17/h2-6,9-12,15,22H,7-8,13-14H2,1H3,(H2,20,21,23). The molecule has 2 aromatic rings. The molecule has 0 aliphatic carbocycles. The van der Waals surface area contributed by atoms with E-state index in [-0.39, 0.29) is 18.7 Å². The molecule has 0 heterocycles. The fourth-order valence-electron chi connectivity index (χ4n) is 2.28. The Bertz CT molecular complexity index is 632. The van der Waals surface area contributed by atoms with E-state index in [1.54, 1.807) is 0 Å². The van der Waals surface area contributed by atoms with Crippen molar-refractivity contribution in [3.8, 4) is 11.5 Å². The molecule has 0 spiro atoms. The summed E-state index contributed by atoms with van der Waals surface area (Å²) in [6.07, 6.45) is 1.42. The van der Waals surface area contributed by atoms with E-state index in [9.17, 15) is 4.79 Å². The maximum Gasteiger partial charge on any atom is 0.315 e. The van der Waals surface area contributed by atoms with E-state index in [1.807, 2.05) is 61.5 Å². The first-order valence-corrected chi connectivity index (χ1v) is 8.15. The number of aliphatic hydroxyl groups excluding tert-OH is 1. The number of urea groups is 1. The zero-order valence-electron chi connectivity index (χ0n) is 13.9. The third kappa shape index (κ3) is 5.93. The molecule has 0 bridgehead atoms. The minimum absolute atomic E-state index is 0.0213. The molecule has 0 fully saturated rings. The lowest BCUT2D eigenvalue weighted by atomic mass is 10.2. The Hall–Kier alpha value is -2.53. The van der Waals surface area contributed by atoms with Crippen molar-refractivity contribution in [2.45, 2.75) is 32.4 Å². The van der Waals surface area contributed by atoms with Gasteiger partial charge in [-0.25, -0.2) is 4.79 Å². The van der Waals surface area contributed by atoms with E-state index in [0.717, 1.165) is 23.5 Å². The highest BCUT2D eigenvalue weighted by Crippen LogP contribution is 2.24. The average Bonchev–Trinajstić information content (AvgIpc) is 2.60. The van der Waals surface area contributed by atoms with Crippen LogP contribution in [-0.4, -0.2) is 23.8 Å². The summed E-state index contributed by atoms with van der Waals surface area (Å²) in [7, 11) is 0. The van der Waals surface area contributed by atoms with Crippen LogP contribution < -0.4 is 15.4 Å². The number of carbonyl (C=O) groups excluding carboxylic acids is 1. The SMILES string of the molecule is CC(CCCO)NC(=O)NCc1ccccc1Oc1ccccc1. The maximum atomic E-state index is 11.9. The Morgan fingerprint density at radius 1 is 1.12 bits per heavy atom. The predicted molar refractivity (Wildman–Crippen MR) is 94.1 cm³/mol. The number of ether oxygens (including phenoxy) is 1. The second kappa shape index (κ2) is 9.57. The molecule has 1 atom stereocenters. The van der Waals surface area contributed by atoms with Crippen molar-refractivity contribution in [3.63, 3.8) is 0 Å².